The fourth-order valence-electron chi connectivity index (χ4n) is 5.71. The van der Waals surface area contributed by atoms with E-state index < -0.39 is 63.8 Å². The minimum Gasteiger partial charge on any atom is -0.457 e. The Morgan fingerprint density at radius 1 is 0.796 bits per heavy atom. The molecule has 0 fully saturated rings. The van der Waals surface area contributed by atoms with Crippen molar-refractivity contribution in [1.29, 1.82) is 0 Å². The van der Waals surface area contributed by atoms with E-state index in [4.69, 9.17) is 9.47 Å². The van der Waals surface area contributed by atoms with Gasteiger partial charge < -0.3 is 19.1 Å². The lowest BCUT2D eigenvalue weighted by atomic mass is 9.92. The van der Waals surface area contributed by atoms with Crippen LogP contribution in [0.3, 0.4) is 0 Å². The molecule has 0 saturated heterocycles. The first-order chi connectivity index (χ1) is 23.1. The van der Waals surface area contributed by atoms with Gasteiger partial charge in [0, 0.05) is 29.7 Å². The molecule has 0 bridgehead atoms. The molecule has 0 radical (unpaired) electrons. The SMILES string of the molecule is CO[C@@](C(=O)O[C@H](CN1c2ccccc2CCc2ccccc21)CS(=O)(=O)Nc1ccc(OC(F)(F)F)cc1)(c1ccccc1)C(F)(F)F. The zero-order chi connectivity index (χ0) is 35.5. The topological polar surface area (TPSA) is 94.2 Å². The smallest absolute Gasteiger partial charge is 0.457 e. The molecule has 0 aliphatic carbocycles. The number of methoxy groups -OCH3 is 1. The van der Waals surface area contributed by atoms with Crippen LogP contribution < -0.4 is 14.4 Å². The first-order valence-corrected chi connectivity index (χ1v) is 16.5. The van der Waals surface area contributed by atoms with Crippen molar-refractivity contribution in [3.8, 4) is 5.75 Å². The van der Waals surface area contributed by atoms with Crippen molar-refractivity contribution in [3.05, 3.63) is 120 Å². The Kier molecular flexibility index (Phi) is 10.2. The summed E-state index contributed by atoms with van der Waals surface area (Å²) in [5, 5.41) is 0. The van der Waals surface area contributed by atoms with Gasteiger partial charge in [0.15, 0.2) is 0 Å². The van der Waals surface area contributed by atoms with E-state index in [0.717, 1.165) is 47.5 Å². The molecule has 0 saturated carbocycles. The van der Waals surface area contributed by atoms with E-state index in [1.165, 1.54) is 18.2 Å². The van der Waals surface area contributed by atoms with Crippen molar-refractivity contribution in [1.82, 2.24) is 0 Å². The number of carbonyl (C=O) groups excluding carboxylic acids is 1. The number of alkyl halides is 6. The van der Waals surface area contributed by atoms with Crippen LogP contribution in [0, 0.1) is 0 Å². The van der Waals surface area contributed by atoms with Crippen molar-refractivity contribution in [2.45, 2.75) is 37.1 Å². The number of esters is 1. The second-order valence-corrected chi connectivity index (χ2v) is 12.9. The van der Waals surface area contributed by atoms with Gasteiger partial charge in [-0.25, -0.2) is 13.2 Å². The van der Waals surface area contributed by atoms with Crippen molar-refractivity contribution in [2.75, 3.05) is 29.0 Å². The molecular weight excluding hydrogens is 678 g/mol. The molecule has 4 aromatic carbocycles. The molecule has 0 aromatic heterocycles. The van der Waals surface area contributed by atoms with Crippen molar-refractivity contribution >= 4 is 33.1 Å². The Morgan fingerprint density at radius 2 is 1.33 bits per heavy atom. The molecular formula is C34H30F6N2O6S. The van der Waals surface area contributed by atoms with Crippen LogP contribution in [0.1, 0.15) is 16.7 Å². The Labute approximate surface area is 278 Å². The molecule has 2 atom stereocenters. The molecule has 0 unspecified atom stereocenters. The van der Waals surface area contributed by atoms with Crippen molar-refractivity contribution < 1.29 is 53.8 Å². The van der Waals surface area contributed by atoms with Crippen LogP contribution in [-0.4, -0.2) is 52.4 Å². The van der Waals surface area contributed by atoms with Gasteiger partial charge in [-0.15, -0.1) is 13.2 Å². The molecule has 49 heavy (non-hydrogen) atoms. The largest absolute Gasteiger partial charge is 0.573 e. The number of carbonyl (C=O) groups is 1. The second kappa shape index (κ2) is 14.0. The molecule has 1 aliphatic rings. The van der Waals surface area contributed by atoms with Gasteiger partial charge in [-0.05, 0) is 60.4 Å². The zero-order valence-corrected chi connectivity index (χ0v) is 26.6. The number of ether oxygens (including phenoxy) is 3. The molecule has 4 aromatic rings. The third kappa shape index (κ3) is 8.11. The first-order valence-electron chi connectivity index (χ1n) is 14.8. The van der Waals surface area contributed by atoms with Gasteiger partial charge in [-0.3, -0.25) is 4.72 Å². The summed E-state index contributed by atoms with van der Waals surface area (Å²) in [6, 6.07) is 24.3. The van der Waals surface area contributed by atoms with Gasteiger partial charge in [-0.2, -0.15) is 13.2 Å². The molecule has 1 N–H and O–H groups in total. The number of fused-ring (bicyclic) bond motifs is 2. The van der Waals surface area contributed by atoms with E-state index in [-0.39, 0.29) is 5.69 Å². The summed E-state index contributed by atoms with van der Waals surface area (Å²) >= 11 is 0. The summed E-state index contributed by atoms with van der Waals surface area (Å²) in [7, 11) is -3.84. The van der Waals surface area contributed by atoms with E-state index in [0.29, 0.717) is 31.3 Å². The van der Waals surface area contributed by atoms with Gasteiger partial charge in [0.05, 0.1) is 6.54 Å². The van der Waals surface area contributed by atoms with Gasteiger partial charge in [0.25, 0.3) is 5.60 Å². The first kappa shape index (κ1) is 35.5. The van der Waals surface area contributed by atoms with Gasteiger partial charge in [0.1, 0.15) is 17.6 Å². The molecule has 8 nitrogen and oxygen atoms in total. The number of anilines is 3. The predicted molar refractivity (Wildman–Crippen MR) is 169 cm³/mol. The highest BCUT2D eigenvalue weighted by Crippen LogP contribution is 2.44. The second-order valence-electron chi connectivity index (χ2n) is 11.1. The lowest BCUT2D eigenvalue weighted by Crippen LogP contribution is -2.53. The van der Waals surface area contributed by atoms with E-state index in [2.05, 4.69) is 9.46 Å². The molecule has 0 spiro atoms. The Bertz CT molecular complexity index is 1820. The number of para-hydroxylation sites is 2. The third-order valence-electron chi connectivity index (χ3n) is 7.83. The molecule has 15 heteroatoms. The fraction of sp³-hybridized carbons (Fsp3) is 0.265. The number of nitrogens with zero attached hydrogens (tertiary/aromatic N) is 1. The maximum absolute atomic E-state index is 14.8. The van der Waals surface area contributed by atoms with Crippen molar-refractivity contribution in [3.63, 3.8) is 0 Å². The monoisotopic (exact) mass is 708 g/mol. The Balaban J connectivity index is 1.53. The normalized spacial score (nSPS) is 15.2. The number of sulfonamides is 1. The predicted octanol–water partition coefficient (Wildman–Crippen LogP) is 7.28. The summed E-state index contributed by atoms with van der Waals surface area (Å²) in [6.07, 6.45) is -10.8. The standard InChI is InChI=1S/C34H30F6N2O6S/c1-46-32(33(35,36)37,25-11-3-2-4-12-25)31(43)47-28(22-49(44,45)41-26-17-19-27(20-18-26)48-34(38,39)40)21-42-29-13-7-5-9-23(29)15-16-24-10-6-8-14-30(24)42/h2-14,17-20,28,41H,15-16,21-22H2,1H3/t28-,32-/m1/s1. The minimum absolute atomic E-state index is 0.170. The van der Waals surface area contributed by atoms with Gasteiger partial charge in [0.2, 0.25) is 10.0 Å². The lowest BCUT2D eigenvalue weighted by molar-refractivity contribution is -0.278. The minimum atomic E-state index is -5.33. The lowest BCUT2D eigenvalue weighted by Gasteiger charge is -2.35. The summed E-state index contributed by atoms with van der Waals surface area (Å²) < 4.78 is 126. The number of aryl methyl sites for hydroxylation is 2. The highest BCUT2D eigenvalue weighted by atomic mass is 32.2. The third-order valence-corrected chi connectivity index (χ3v) is 9.19. The van der Waals surface area contributed by atoms with Crippen molar-refractivity contribution in [2.24, 2.45) is 0 Å². The van der Waals surface area contributed by atoms with E-state index >= 15 is 0 Å². The molecule has 1 heterocycles. The molecule has 5 rings (SSSR count). The maximum atomic E-state index is 14.8. The van der Waals surface area contributed by atoms with Gasteiger partial charge in [-0.1, -0.05) is 66.7 Å². The average Bonchev–Trinajstić information content (AvgIpc) is 3.18. The zero-order valence-electron chi connectivity index (χ0n) is 25.8. The maximum Gasteiger partial charge on any atom is 0.573 e. The van der Waals surface area contributed by atoms with Gasteiger partial charge >= 0.3 is 18.5 Å². The summed E-state index contributed by atoms with van der Waals surface area (Å²) in [5.74, 6) is -3.53. The fourth-order valence-corrected chi connectivity index (χ4v) is 6.95. The summed E-state index contributed by atoms with van der Waals surface area (Å²) in [5.41, 5.74) is -1.34. The van der Waals surface area contributed by atoms with Crippen LogP contribution in [0.5, 0.6) is 5.75 Å². The summed E-state index contributed by atoms with van der Waals surface area (Å²) in [4.78, 5) is 15.4. The van der Waals surface area contributed by atoms with Crippen LogP contribution in [-0.2, 0) is 42.7 Å². The van der Waals surface area contributed by atoms with Crippen LogP contribution >= 0.6 is 0 Å². The number of benzene rings is 4. The average molecular weight is 709 g/mol. The van der Waals surface area contributed by atoms with Crippen LogP contribution in [0.2, 0.25) is 0 Å². The van der Waals surface area contributed by atoms with Crippen LogP contribution in [0.15, 0.2) is 103 Å². The number of nitrogens with one attached hydrogen (secondary N) is 1. The van der Waals surface area contributed by atoms with Crippen LogP contribution in [0.4, 0.5) is 43.4 Å². The van der Waals surface area contributed by atoms with E-state index in [1.54, 1.807) is 29.2 Å². The highest BCUT2D eigenvalue weighted by molar-refractivity contribution is 7.92. The molecule has 1 aliphatic heterocycles. The summed E-state index contributed by atoms with van der Waals surface area (Å²) in [6.45, 7) is -0.397. The highest BCUT2D eigenvalue weighted by Gasteiger charge is 2.64. The van der Waals surface area contributed by atoms with E-state index in [9.17, 15) is 39.6 Å². The quantitative estimate of drug-likeness (QED) is 0.129. The Hall–Kier alpha value is -4.76. The van der Waals surface area contributed by atoms with Crippen LogP contribution in [0.25, 0.3) is 0 Å². The number of hydrogen-bond donors (Lipinski definition) is 1. The van der Waals surface area contributed by atoms with E-state index in [1.807, 2.05) is 24.3 Å². The number of hydrogen-bond acceptors (Lipinski definition) is 7. The Morgan fingerprint density at radius 3 is 1.84 bits per heavy atom. The number of rotatable bonds is 11. The number of halogens is 6. The molecule has 260 valence electrons. The molecule has 0 amide bonds.